The van der Waals surface area contributed by atoms with Gasteiger partial charge in [-0.2, -0.15) is 0 Å². The van der Waals surface area contributed by atoms with Gasteiger partial charge in [0.2, 0.25) is 10.9 Å². The molecule has 6 aromatic rings. The Hall–Kier alpha value is -6.94. The molecule has 4 aromatic carbocycles. The van der Waals surface area contributed by atoms with Gasteiger partial charge >= 0.3 is 0 Å². The topological polar surface area (TPSA) is 293 Å². The van der Waals surface area contributed by atoms with E-state index < -0.39 is 74.5 Å². The van der Waals surface area contributed by atoms with E-state index in [-0.39, 0.29) is 40.3 Å². The van der Waals surface area contributed by atoms with Gasteiger partial charge in [-0.25, -0.2) is 0 Å². The lowest BCUT2D eigenvalue weighted by Crippen LogP contribution is -2.06. The Balaban J connectivity index is 0.000000188. The van der Waals surface area contributed by atoms with Gasteiger partial charge in [-0.15, -0.1) is 22.7 Å². The van der Waals surface area contributed by atoms with Crippen LogP contribution in [-0.4, -0.2) is 29.5 Å². The van der Waals surface area contributed by atoms with Crippen molar-refractivity contribution in [1.29, 1.82) is 0 Å². The molecule has 0 aliphatic heterocycles. The van der Waals surface area contributed by atoms with Crippen LogP contribution in [0.25, 0.3) is 40.3 Å². The molecule has 0 saturated carbocycles. The van der Waals surface area contributed by atoms with Crippen molar-refractivity contribution in [3.63, 3.8) is 0 Å². The molecular weight excluding hydrogens is 684 g/mol. The lowest BCUT2D eigenvalue weighted by molar-refractivity contribution is -0.393. The molecule has 0 fully saturated rings. The first-order chi connectivity index (χ1) is 22.6. The molecule has 0 aliphatic carbocycles. The van der Waals surface area contributed by atoms with Crippen LogP contribution in [0.5, 0.6) is 0 Å². The average Bonchev–Trinajstić information content (AvgIpc) is 3.03. The fourth-order valence-electron chi connectivity index (χ4n) is 4.69. The second-order valence-corrected chi connectivity index (χ2v) is 11.5. The summed E-state index contributed by atoms with van der Waals surface area (Å²) < 4.78 is 0.254. The third kappa shape index (κ3) is 5.54. The van der Waals surface area contributed by atoms with Crippen LogP contribution in [0.4, 0.5) is 34.1 Å². The maximum Gasteiger partial charge on any atom is 0.294 e. The molecule has 48 heavy (non-hydrogen) atoms. The summed E-state index contributed by atoms with van der Waals surface area (Å²) >= 11 is 1.61. The summed E-state index contributed by atoms with van der Waals surface area (Å²) in [6, 6.07) is 11.2. The minimum atomic E-state index is -0.861. The summed E-state index contributed by atoms with van der Waals surface area (Å²) in [5.74, 6) is 0. The Morgan fingerprint density at radius 1 is 0.438 bits per heavy atom. The molecular formula is C26H10N6O14S2. The smallest absolute Gasteiger partial charge is 0.288 e. The Morgan fingerprint density at radius 3 is 1.06 bits per heavy atom. The van der Waals surface area contributed by atoms with E-state index >= 15 is 0 Å². The van der Waals surface area contributed by atoms with E-state index in [2.05, 4.69) is 0 Å². The average molecular weight is 695 g/mol. The number of nitrogens with zero attached hydrogens (tertiary/aromatic N) is 6. The molecule has 0 unspecified atom stereocenters. The third-order valence-corrected chi connectivity index (χ3v) is 9.08. The van der Waals surface area contributed by atoms with Crippen molar-refractivity contribution < 1.29 is 29.5 Å². The molecule has 0 spiro atoms. The number of rotatable bonds is 6. The van der Waals surface area contributed by atoms with Crippen LogP contribution in [0, 0.1) is 60.7 Å². The van der Waals surface area contributed by atoms with Crippen molar-refractivity contribution in [3.05, 3.63) is 142 Å². The van der Waals surface area contributed by atoms with Crippen LogP contribution in [0.15, 0.2) is 70.3 Å². The van der Waals surface area contributed by atoms with Gasteiger partial charge < -0.3 is 0 Å². The zero-order chi connectivity index (χ0) is 35.2. The number of fused-ring (bicyclic) bond motifs is 4. The van der Waals surface area contributed by atoms with E-state index in [1.54, 1.807) is 0 Å². The van der Waals surface area contributed by atoms with Crippen LogP contribution < -0.4 is 10.9 Å². The molecule has 2 heterocycles. The number of nitro groups is 6. The first kappa shape index (κ1) is 32.5. The number of non-ortho nitro benzene ring substituents is 6. The minimum absolute atomic E-state index is 0.0661. The van der Waals surface area contributed by atoms with Gasteiger partial charge in [-0.1, -0.05) is 12.1 Å². The van der Waals surface area contributed by atoms with Crippen LogP contribution in [-0.2, 0) is 0 Å². The molecule has 0 bridgehead atoms. The quantitative estimate of drug-likeness (QED) is 0.105. The van der Waals surface area contributed by atoms with Crippen LogP contribution in [0.2, 0.25) is 0 Å². The summed E-state index contributed by atoms with van der Waals surface area (Å²) in [5.41, 5.74) is -5.04. The van der Waals surface area contributed by atoms with Crippen LogP contribution in [0.3, 0.4) is 0 Å². The van der Waals surface area contributed by atoms with E-state index in [0.29, 0.717) is 0 Å². The normalized spacial score (nSPS) is 10.8. The van der Waals surface area contributed by atoms with E-state index in [1.165, 1.54) is 24.3 Å². The Bertz CT molecular complexity index is 2420. The fraction of sp³-hybridized carbons (Fsp3) is 0. The van der Waals surface area contributed by atoms with Gasteiger partial charge in [0.05, 0.1) is 52.4 Å². The summed E-state index contributed by atoms with van der Waals surface area (Å²) in [4.78, 5) is 86.9. The third-order valence-electron chi connectivity index (χ3n) is 6.69. The van der Waals surface area contributed by atoms with Gasteiger partial charge in [0, 0.05) is 33.7 Å². The zero-order valence-electron chi connectivity index (χ0n) is 23.0. The molecule has 2 aromatic heterocycles. The summed E-state index contributed by atoms with van der Waals surface area (Å²) in [5, 5.41) is 65.5. The van der Waals surface area contributed by atoms with Crippen molar-refractivity contribution in [2.24, 2.45) is 0 Å². The van der Waals surface area contributed by atoms with Crippen molar-refractivity contribution in [2.75, 3.05) is 0 Å². The largest absolute Gasteiger partial charge is 0.294 e. The highest BCUT2D eigenvalue weighted by atomic mass is 32.1. The molecule has 0 N–H and O–H groups in total. The Kier molecular flexibility index (Phi) is 8.18. The van der Waals surface area contributed by atoms with E-state index in [4.69, 9.17) is 0 Å². The van der Waals surface area contributed by atoms with Crippen LogP contribution in [0.1, 0.15) is 0 Å². The first-order valence-corrected chi connectivity index (χ1v) is 14.2. The SMILES string of the molecule is O=c1c2cc([N+](=O)[O-])cc([N+](=O)[O-])c2sc2cccc([N+](=O)[O-])c12.O=c1c2cc([N+](=O)[O-])cc([N+](=O)[O-])c2sc2cccc([N+](=O)[O-])c12. The fourth-order valence-corrected chi connectivity index (χ4v) is 7.02. The second-order valence-electron chi connectivity index (χ2n) is 9.39. The molecule has 20 nitrogen and oxygen atoms in total. The van der Waals surface area contributed by atoms with Gasteiger partial charge in [0.1, 0.15) is 20.2 Å². The predicted octanol–water partition coefficient (Wildman–Crippen LogP) is 6.28. The Morgan fingerprint density at radius 2 is 0.771 bits per heavy atom. The van der Waals surface area contributed by atoms with Gasteiger partial charge in [0.15, 0.2) is 0 Å². The molecule has 22 heteroatoms. The Labute approximate surface area is 268 Å². The summed E-state index contributed by atoms with van der Waals surface area (Å²) in [6.07, 6.45) is 0. The molecule has 6 rings (SSSR count). The predicted molar refractivity (Wildman–Crippen MR) is 171 cm³/mol. The molecule has 240 valence electrons. The second kappa shape index (κ2) is 12.1. The van der Waals surface area contributed by atoms with Crippen molar-refractivity contribution >= 4 is 97.1 Å². The van der Waals surface area contributed by atoms with Gasteiger partial charge in [0.25, 0.3) is 34.1 Å². The zero-order valence-corrected chi connectivity index (χ0v) is 24.6. The lowest BCUT2D eigenvalue weighted by atomic mass is 10.1. The van der Waals surface area contributed by atoms with Crippen molar-refractivity contribution in [1.82, 2.24) is 0 Å². The van der Waals surface area contributed by atoms with Crippen molar-refractivity contribution in [3.8, 4) is 0 Å². The van der Waals surface area contributed by atoms with E-state index in [9.17, 15) is 70.3 Å². The molecule has 0 saturated heterocycles. The van der Waals surface area contributed by atoms with E-state index in [0.717, 1.165) is 59.1 Å². The maximum atomic E-state index is 12.6. The molecule has 0 atom stereocenters. The number of hydrogen-bond donors (Lipinski definition) is 0. The van der Waals surface area contributed by atoms with Crippen molar-refractivity contribution in [2.45, 2.75) is 0 Å². The maximum absolute atomic E-state index is 12.6. The van der Waals surface area contributed by atoms with Gasteiger partial charge in [-0.3, -0.25) is 70.3 Å². The highest BCUT2D eigenvalue weighted by molar-refractivity contribution is 7.25. The summed E-state index contributed by atoms with van der Waals surface area (Å²) in [6.45, 7) is 0. The molecule has 0 aliphatic rings. The lowest BCUT2D eigenvalue weighted by Gasteiger charge is -2.03. The number of nitro benzene ring substituents is 6. The standard InChI is InChI=1S/2C13H5N3O7S/c2*17-12-7-4-6(14(18)19)5-9(16(22)23)13(7)24-10-3-1-2-8(11(10)12)15(20)21/h2*1-5H. The number of hydrogen-bond acceptors (Lipinski definition) is 16. The molecule has 0 amide bonds. The molecule has 0 radical (unpaired) electrons. The van der Waals surface area contributed by atoms with Crippen LogP contribution >= 0.6 is 22.7 Å². The van der Waals surface area contributed by atoms with Gasteiger partial charge in [-0.05, 0) is 12.1 Å². The monoisotopic (exact) mass is 694 g/mol. The summed E-state index contributed by atoms with van der Waals surface area (Å²) in [7, 11) is 0. The highest BCUT2D eigenvalue weighted by Crippen LogP contribution is 2.38. The minimum Gasteiger partial charge on any atom is -0.288 e. The first-order valence-electron chi connectivity index (χ1n) is 12.6. The van der Waals surface area contributed by atoms with E-state index in [1.807, 2.05) is 0 Å². The number of benzene rings is 4. The highest BCUT2D eigenvalue weighted by Gasteiger charge is 2.27.